The quantitative estimate of drug-likeness (QED) is 0.597. The van der Waals surface area contributed by atoms with E-state index < -0.39 is 6.61 Å². The van der Waals surface area contributed by atoms with Crippen molar-refractivity contribution in [3.8, 4) is 27.6 Å². The van der Waals surface area contributed by atoms with Gasteiger partial charge in [-0.05, 0) is 42.3 Å². The van der Waals surface area contributed by atoms with E-state index in [1.807, 2.05) is 17.6 Å². The largest absolute Gasteiger partial charge is 0.435 e. The Kier molecular flexibility index (Phi) is 5.15. The molecule has 0 amide bonds. The lowest BCUT2D eigenvalue weighted by Gasteiger charge is -2.05. The summed E-state index contributed by atoms with van der Waals surface area (Å²) in [7, 11) is 0. The summed E-state index contributed by atoms with van der Waals surface area (Å²) in [6, 6.07) is 8.52. The zero-order valence-corrected chi connectivity index (χ0v) is 13.9. The van der Waals surface area contributed by atoms with Crippen molar-refractivity contribution >= 4 is 11.3 Å². The molecular formula is C18H16F2N2OS. The van der Waals surface area contributed by atoms with E-state index in [-0.39, 0.29) is 5.75 Å². The molecule has 3 aromatic rings. The summed E-state index contributed by atoms with van der Waals surface area (Å²) >= 11 is 1.55. The van der Waals surface area contributed by atoms with Gasteiger partial charge in [-0.3, -0.25) is 4.98 Å². The van der Waals surface area contributed by atoms with Gasteiger partial charge in [-0.25, -0.2) is 4.98 Å². The minimum atomic E-state index is -2.82. The highest BCUT2D eigenvalue weighted by Crippen LogP contribution is 2.31. The van der Waals surface area contributed by atoms with Crippen LogP contribution in [0.2, 0.25) is 0 Å². The predicted molar refractivity (Wildman–Crippen MR) is 91.4 cm³/mol. The van der Waals surface area contributed by atoms with Crippen LogP contribution in [-0.4, -0.2) is 16.6 Å². The standard InChI is InChI=1S/C18H16F2N2OS/c1-2-3-12-8-9-21-10-15(12)17-22-16(11-24-17)13-4-6-14(7-5-13)23-18(19)20/h4-11,18H,2-3H2,1H3. The molecule has 2 heterocycles. The summed E-state index contributed by atoms with van der Waals surface area (Å²) < 4.78 is 28.8. The molecule has 0 bridgehead atoms. The second-order valence-corrected chi connectivity index (χ2v) is 6.08. The number of aryl methyl sites for hydroxylation is 1. The van der Waals surface area contributed by atoms with Gasteiger partial charge in [-0.2, -0.15) is 8.78 Å². The zero-order valence-electron chi connectivity index (χ0n) is 13.1. The summed E-state index contributed by atoms with van der Waals surface area (Å²) in [5.41, 5.74) is 3.95. The summed E-state index contributed by atoms with van der Waals surface area (Å²) in [4.78, 5) is 8.88. The van der Waals surface area contributed by atoms with Crippen LogP contribution in [0.5, 0.6) is 5.75 Å². The van der Waals surface area contributed by atoms with Crippen molar-refractivity contribution in [1.82, 2.24) is 9.97 Å². The average molecular weight is 346 g/mol. The molecule has 0 aliphatic rings. The molecule has 0 saturated carbocycles. The van der Waals surface area contributed by atoms with Crippen LogP contribution in [-0.2, 0) is 6.42 Å². The zero-order chi connectivity index (χ0) is 16.9. The van der Waals surface area contributed by atoms with Gasteiger partial charge in [-0.15, -0.1) is 11.3 Å². The fourth-order valence-corrected chi connectivity index (χ4v) is 3.31. The Morgan fingerprint density at radius 2 is 1.96 bits per heavy atom. The van der Waals surface area contributed by atoms with E-state index in [2.05, 4.69) is 21.6 Å². The maximum absolute atomic E-state index is 12.2. The van der Waals surface area contributed by atoms with Gasteiger partial charge in [0, 0.05) is 28.9 Å². The Balaban J connectivity index is 1.86. The highest BCUT2D eigenvalue weighted by molar-refractivity contribution is 7.13. The van der Waals surface area contributed by atoms with E-state index in [1.54, 1.807) is 29.7 Å². The van der Waals surface area contributed by atoms with E-state index in [0.29, 0.717) is 0 Å². The number of alkyl halides is 2. The molecule has 0 fully saturated rings. The van der Waals surface area contributed by atoms with E-state index in [1.165, 1.54) is 17.7 Å². The van der Waals surface area contributed by atoms with E-state index in [9.17, 15) is 8.78 Å². The van der Waals surface area contributed by atoms with Crippen molar-refractivity contribution in [2.75, 3.05) is 0 Å². The van der Waals surface area contributed by atoms with Gasteiger partial charge in [0.25, 0.3) is 0 Å². The van der Waals surface area contributed by atoms with Gasteiger partial charge >= 0.3 is 6.61 Å². The molecule has 6 heteroatoms. The Bertz CT molecular complexity index is 803. The number of nitrogens with zero attached hydrogens (tertiary/aromatic N) is 2. The second-order valence-electron chi connectivity index (χ2n) is 5.22. The monoisotopic (exact) mass is 346 g/mol. The lowest BCUT2D eigenvalue weighted by Crippen LogP contribution is -2.01. The van der Waals surface area contributed by atoms with E-state index >= 15 is 0 Å². The number of pyridine rings is 1. The number of halogens is 2. The molecule has 3 nitrogen and oxygen atoms in total. The fourth-order valence-electron chi connectivity index (χ4n) is 2.44. The molecule has 0 radical (unpaired) electrons. The SMILES string of the molecule is CCCc1ccncc1-c1nc(-c2ccc(OC(F)F)cc2)cs1. The average Bonchev–Trinajstić information content (AvgIpc) is 3.06. The van der Waals surface area contributed by atoms with Crippen LogP contribution in [0.1, 0.15) is 18.9 Å². The van der Waals surface area contributed by atoms with Crippen molar-refractivity contribution in [3.05, 3.63) is 53.7 Å². The molecular weight excluding hydrogens is 330 g/mol. The number of hydrogen-bond acceptors (Lipinski definition) is 4. The van der Waals surface area contributed by atoms with Gasteiger partial charge in [0.2, 0.25) is 0 Å². The smallest absolute Gasteiger partial charge is 0.387 e. The van der Waals surface area contributed by atoms with Gasteiger partial charge in [0.1, 0.15) is 10.8 Å². The van der Waals surface area contributed by atoms with Crippen LogP contribution >= 0.6 is 11.3 Å². The highest BCUT2D eigenvalue weighted by Gasteiger charge is 2.11. The van der Waals surface area contributed by atoms with Crippen LogP contribution in [0.15, 0.2) is 48.1 Å². The molecule has 0 aliphatic heterocycles. The van der Waals surface area contributed by atoms with Crippen molar-refractivity contribution in [2.24, 2.45) is 0 Å². The fraction of sp³-hybridized carbons (Fsp3) is 0.222. The lowest BCUT2D eigenvalue weighted by atomic mass is 10.1. The van der Waals surface area contributed by atoms with Crippen LogP contribution in [0.4, 0.5) is 8.78 Å². The molecule has 24 heavy (non-hydrogen) atoms. The number of thiazole rings is 1. The van der Waals surface area contributed by atoms with Crippen molar-refractivity contribution in [1.29, 1.82) is 0 Å². The third-order valence-electron chi connectivity index (χ3n) is 3.54. The molecule has 1 aromatic carbocycles. The molecule has 0 atom stereocenters. The van der Waals surface area contributed by atoms with E-state index in [0.717, 1.165) is 34.7 Å². The number of benzene rings is 1. The van der Waals surface area contributed by atoms with Gasteiger partial charge < -0.3 is 4.74 Å². The Morgan fingerprint density at radius 1 is 1.17 bits per heavy atom. The van der Waals surface area contributed by atoms with Crippen molar-refractivity contribution < 1.29 is 13.5 Å². The van der Waals surface area contributed by atoms with E-state index in [4.69, 9.17) is 0 Å². The highest BCUT2D eigenvalue weighted by atomic mass is 32.1. The number of hydrogen-bond donors (Lipinski definition) is 0. The topological polar surface area (TPSA) is 35.0 Å². The summed E-state index contributed by atoms with van der Waals surface area (Å²) in [6.45, 7) is -0.676. The normalized spacial score (nSPS) is 11.0. The van der Waals surface area contributed by atoms with Crippen LogP contribution in [0.3, 0.4) is 0 Å². The van der Waals surface area contributed by atoms with Gasteiger partial charge in [0.15, 0.2) is 0 Å². The Morgan fingerprint density at radius 3 is 2.67 bits per heavy atom. The molecule has 0 spiro atoms. The first-order chi connectivity index (χ1) is 11.7. The first-order valence-corrected chi connectivity index (χ1v) is 8.49. The van der Waals surface area contributed by atoms with Gasteiger partial charge in [0.05, 0.1) is 5.69 Å². The molecule has 0 N–H and O–H groups in total. The summed E-state index contributed by atoms with van der Waals surface area (Å²) in [6.07, 6.45) is 5.67. The number of rotatable bonds is 6. The van der Waals surface area contributed by atoms with Crippen LogP contribution < -0.4 is 4.74 Å². The van der Waals surface area contributed by atoms with Crippen LogP contribution in [0.25, 0.3) is 21.8 Å². The minimum absolute atomic E-state index is 0.140. The molecule has 0 saturated heterocycles. The molecule has 3 rings (SSSR count). The first kappa shape index (κ1) is 16.5. The summed E-state index contributed by atoms with van der Waals surface area (Å²) in [5, 5.41) is 2.87. The molecule has 0 unspecified atom stereocenters. The third-order valence-corrected chi connectivity index (χ3v) is 4.42. The predicted octanol–water partition coefficient (Wildman–Crippen LogP) is 5.43. The number of ether oxygens (including phenoxy) is 1. The minimum Gasteiger partial charge on any atom is -0.435 e. The van der Waals surface area contributed by atoms with Crippen LogP contribution in [0, 0.1) is 0 Å². The van der Waals surface area contributed by atoms with Gasteiger partial charge in [-0.1, -0.05) is 13.3 Å². The Hall–Kier alpha value is -2.34. The molecule has 0 aliphatic carbocycles. The van der Waals surface area contributed by atoms with Crippen molar-refractivity contribution in [3.63, 3.8) is 0 Å². The molecule has 124 valence electrons. The molecule has 2 aromatic heterocycles. The van der Waals surface area contributed by atoms with Crippen molar-refractivity contribution in [2.45, 2.75) is 26.4 Å². The first-order valence-electron chi connectivity index (χ1n) is 7.61. The second kappa shape index (κ2) is 7.49. The summed E-state index contributed by atoms with van der Waals surface area (Å²) in [5.74, 6) is 0.140. The third kappa shape index (κ3) is 3.76. The maximum Gasteiger partial charge on any atom is 0.387 e. The maximum atomic E-state index is 12.2. The lowest BCUT2D eigenvalue weighted by molar-refractivity contribution is -0.0498. The Labute approximate surface area is 143 Å². The number of aromatic nitrogens is 2.